The fourth-order valence-electron chi connectivity index (χ4n) is 1.52. The molecule has 19 heavy (non-hydrogen) atoms. The van der Waals surface area contributed by atoms with E-state index in [1.807, 2.05) is 0 Å². The summed E-state index contributed by atoms with van der Waals surface area (Å²) in [6, 6.07) is 6.03. The van der Waals surface area contributed by atoms with Gasteiger partial charge in [-0.2, -0.15) is 0 Å². The molecule has 0 aromatic heterocycles. The Labute approximate surface area is 112 Å². The van der Waals surface area contributed by atoms with Crippen LogP contribution in [0.15, 0.2) is 29.2 Å². The zero-order valence-corrected chi connectivity index (χ0v) is 11.7. The summed E-state index contributed by atoms with van der Waals surface area (Å²) in [6.45, 7) is 1.92. The normalized spacial score (nSPS) is 11.1. The van der Waals surface area contributed by atoms with Crippen molar-refractivity contribution < 1.29 is 22.7 Å². The van der Waals surface area contributed by atoms with Gasteiger partial charge in [0.2, 0.25) is 0 Å². The predicted octanol–water partition coefficient (Wildman–Crippen LogP) is 1.15. The maximum absolute atomic E-state index is 11.6. The molecule has 0 bridgehead atoms. The van der Waals surface area contributed by atoms with Crippen molar-refractivity contribution in [3.63, 3.8) is 0 Å². The minimum absolute atomic E-state index is 0.0862. The first kappa shape index (κ1) is 15.4. The summed E-state index contributed by atoms with van der Waals surface area (Å²) in [7, 11) is -3.23. The van der Waals surface area contributed by atoms with E-state index in [9.17, 15) is 18.0 Å². The summed E-state index contributed by atoms with van der Waals surface area (Å²) in [5.74, 6) is -0.800. The maximum atomic E-state index is 11.6. The highest BCUT2D eigenvalue weighted by molar-refractivity contribution is 7.90. The Balaban J connectivity index is 2.63. The van der Waals surface area contributed by atoms with Gasteiger partial charge in [0.1, 0.15) is 12.2 Å². The lowest BCUT2D eigenvalue weighted by Crippen LogP contribution is -2.13. The topological polar surface area (TPSA) is 77.5 Å². The number of hydrogen-bond donors (Lipinski definition) is 0. The molecule has 0 amide bonds. The van der Waals surface area contributed by atoms with E-state index in [0.29, 0.717) is 5.56 Å². The van der Waals surface area contributed by atoms with Gasteiger partial charge in [0, 0.05) is 12.7 Å². The molecule has 0 saturated carbocycles. The molecule has 6 heteroatoms. The largest absolute Gasteiger partial charge is 0.466 e. The van der Waals surface area contributed by atoms with Gasteiger partial charge < -0.3 is 4.74 Å². The van der Waals surface area contributed by atoms with Crippen LogP contribution >= 0.6 is 0 Å². The van der Waals surface area contributed by atoms with E-state index in [-0.39, 0.29) is 30.1 Å². The number of Topliss-reactive ketones (excluding diaryl/α,β-unsaturated/α-hetero) is 1. The Morgan fingerprint density at radius 2 is 1.74 bits per heavy atom. The second kappa shape index (κ2) is 6.47. The standard InChI is InChI=1S/C13H16O5S/c1-3-18-13(15)9-11(14)8-10-4-6-12(7-5-10)19(2,16)17/h4-7H,3,8-9H2,1-2H3. The smallest absolute Gasteiger partial charge is 0.313 e. The highest BCUT2D eigenvalue weighted by Gasteiger charge is 2.12. The number of sulfone groups is 1. The van der Waals surface area contributed by atoms with Gasteiger partial charge in [-0.3, -0.25) is 9.59 Å². The van der Waals surface area contributed by atoms with Crippen molar-refractivity contribution in [1.82, 2.24) is 0 Å². The first-order valence-electron chi connectivity index (χ1n) is 5.79. The number of esters is 1. The second-order valence-corrected chi connectivity index (χ2v) is 6.13. The average Bonchev–Trinajstić information content (AvgIpc) is 2.28. The third kappa shape index (κ3) is 5.21. The van der Waals surface area contributed by atoms with Crippen LogP contribution in [0.2, 0.25) is 0 Å². The predicted molar refractivity (Wildman–Crippen MR) is 69.5 cm³/mol. The fraction of sp³-hybridized carbons (Fsp3) is 0.385. The summed E-state index contributed by atoms with van der Waals surface area (Å²) in [4.78, 5) is 22.9. The number of ketones is 1. The van der Waals surface area contributed by atoms with Crippen LogP contribution in [0.25, 0.3) is 0 Å². The van der Waals surface area contributed by atoms with E-state index in [1.54, 1.807) is 19.1 Å². The summed E-state index contributed by atoms with van der Waals surface area (Å²) in [5.41, 5.74) is 0.668. The molecule has 104 valence electrons. The van der Waals surface area contributed by atoms with Gasteiger partial charge in [0.25, 0.3) is 0 Å². The molecule has 0 unspecified atom stereocenters. The molecule has 0 aliphatic rings. The van der Waals surface area contributed by atoms with E-state index in [4.69, 9.17) is 0 Å². The van der Waals surface area contributed by atoms with Crippen LogP contribution in [0.5, 0.6) is 0 Å². The molecule has 0 saturated heterocycles. The number of rotatable bonds is 6. The van der Waals surface area contributed by atoms with E-state index >= 15 is 0 Å². The van der Waals surface area contributed by atoms with Crippen molar-refractivity contribution in [1.29, 1.82) is 0 Å². The molecule has 5 nitrogen and oxygen atoms in total. The highest BCUT2D eigenvalue weighted by Crippen LogP contribution is 2.11. The Hall–Kier alpha value is -1.69. The van der Waals surface area contributed by atoms with Crippen molar-refractivity contribution in [2.24, 2.45) is 0 Å². The highest BCUT2D eigenvalue weighted by atomic mass is 32.2. The quantitative estimate of drug-likeness (QED) is 0.578. The zero-order chi connectivity index (χ0) is 14.5. The lowest BCUT2D eigenvalue weighted by atomic mass is 10.1. The molecular formula is C13H16O5S. The number of carbonyl (C=O) groups excluding carboxylic acids is 2. The minimum atomic E-state index is -3.23. The number of carbonyl (C=O) groups is 2. The molecule has 0 radical (unpaired) electrons. The van der Waals surface area contributed by atoms with Gasteiger partial charge in [-0.1, -0.05) is 12.1 Å². The molecular weight excluding hydrogens is 268 g/mol. The van der Waals surface area contributed by atoms with Crippen LogP contribution in [0.3, 0.4) is 0 Å². The maximum Gasteiger partial charge on any atom is 0.313 e. The summed E-state index contributed by atoms with van der Waals surface area (Å²) in [5, 5.41) is 0. The molecule has 0 N–H and O–H groups in total. The van der Waals surface area contributed by atoms with Crippen LogP contribution in [0.4, 0.5) is 0 Å². The van der Waals surface area contributed by atoms with E-state index in [2.05, 4.69) is 4.74 Å². The van der Waals surface area contributed by atoms with Crippen molar-refractivity contribution >= 4 is 21.6 Å². The van der Waals surface area contributed by atoms with Crippen molar-refractivity contribution in [2.75, 3.05) is 12.9 Å². The van der Waals surface area contributed by atoms with Crippen LogP contribution in [-0.4, -0.2) is 33.0 Å². The van der Waals surface area contributed by atoms with Crippen molar-refractivity contribution in [3.05, 3.63) is 29.8 Å². The molecule has 0 fully saturated rings. The lowest BCUT2D eigenvalue weighted by molar-refractivity contribution is -0.145. The molecule has 0 aliphatic carbocycles. The SMILES string of the molecule is CCOC(=O)CC(=O)Cc1ccc(S(C)(=O)=O)cc1. The van der Waals surface area contributed by atoms with Gasteiger partial charge >= 0.3 is 5.97 Å². The second-order valence-electron chi connectivity index (χ2n) is 4.11. The molecule has 0 heterocycles. The van der Waals surface area contributed by atoms with Gasteiger partial charge in [0.05, 0.1) is 11.5 Å². The molecule has 0 aliphatic heterocycles. The van der Waals surface area contributed by atoms with Crippen molar-refractivity contribution in [3.8, 4) is 0 Å². The number of hydrogen-bond acceptors (Lipinski definition) is 5. The molecule has 1 aromatic rings. The summed E-state index contributed by atoms with van der Waals surface area (Å²) in [6.07, 6.45) is 0.943. The summed E-state index contributed by atoms with van der Waals surface area (Å²) >= 11 is 0. The third-order valence-corrected chi connectivity index (χ3v) is 3.53. The Bertz CT molecular complexity index is 557. The minimum Gasteiger partial charge on any atom is -0.466 e. The number of ether oxygens (including phenoxy) is 1. The van der Waals surface area contributed by atoms with Crippen LogP contribution in [0.1, 0.15) is 18.9 Å². The Kier molecular flexibility index (Phi) is 5.23. The average molecular weight is 284 g/mol. The van der Waals surface area contributed by atoms with Gasteiger partial charge in [0.15, 0.2) is 9.84 Å². The van der Waals surface area contributed by atoms with E-state index in [0.717, 1.165) is 6.26 Å². The molecule has 1 aromatic carbocycles. The van der Waals surface area contributed by atoms with Crippen LogP contribution < -0.4 is 0 Å². The number of benzene rings is 1. The zero-order valence-electron chi connectivity index (χ0n) is 10.9. The fourth-order valence-corrected chi connectivity index (χ4v) is 2.15. The first-order chi connectivity index (χ1) is 8.82. The molecule has 1 rings (SSSR count). The van der Waals surface area contributed by atoms with E-state index in [1.165, 1.54) is 12.1 Å². The Morgan fingerprint density at radius 3 is 2.21 bits per heavy atom. The molecule has 0 atom stereocenters. The van der Waals surface area contributed by atoms with Gasteiger partial charge in [-0.05, 0) is 24.6 Å². The van der Waals surface area contributed by atoms with Crippen LogP contribution in [-0.2, 0) is 30.6 Å². The van der Waals surface area contributed by atoms with Crippen LogP contribution in [0, 0.1) is 0 Å². The van der Waals surface area contributed by atoms with Gasteiger partial charge in [-0.25, -0.2) is 8.42 Å². The molecule has 0 spiro atoms. The Morgan fingerprint density at radius 1 is 1.16 bits per heavy atom. The monoisotopic (exact) mass is 284 g/mol. The van der Waals surface area contributed by atoms with E-state index < -0.39 is 15.8 Å². The first-order valence-corrected chi connectivity index (χ1v) is 7.68. The summed E-state index contributed by atoms with van der Waals surface area (Å²) < 4.78 is 27.2. The van der Waals surface area contributed by atoms with Gasteiger partial charge in [-0.15, -0.1) is 0 Å². The lowest BCUT2D eigenvalue weighted by Gasteiger charge is -2.03. The van der Waals surface area contributed by atoms with Crippen molar-refractivity contribution in [2.45, 2.75) is 24.7 Å². The third-order valence-electron chi connectivity index (χ3n) is 2.40.